The van der Waals surface area contributed by atoms with Crippen molar-refractivity contribution in [3.8, 4) is 5.75 Å². The van der Waals surface area contributed by atoms with Crippen molar-refractivity contribution in [1.29, 1.82) is 0 Å². The number of para-hydroxylation sites is 1. The van der Waals surface area contributed by atoms with Crippen molar-refractivity contribution in [2.45, 2.75) is 19.9 Å². The van der Waals surface area contributed by atoms with Crippen molar-refractivity contribution in [2.24, 2.45) is 0 Å². The number of methoxy groups -OCH3 is 1. The van der Waals surface area contributed by atoms with Gasteiger partial charge in [-0.25, -0.2) is 8.42 Å². The molecule has 0 aliphatic heterocycles. The highest BCUT2D eigenvalue weighted by Gasteiger charge is 2.18. The fourth-order valence-electron chi connectivity index (χ4n) is 2.66. The van der Waals surface area contributed by atoms with E-state index in [-0.39, 0.29) is 32.0 Å². The van der Waals surface area contributed by atoms with Crippen LogP contribution in [0.25, 0.3) is 0 Å². The Morgan fingerprint density at radius 1 is 1.11 bits per heavy atom. The molecule has 2 rings (SSSR count). The summed E-state index contributed by atoms with van der Waals surface area (Å²) in [5.41, 5.74) is 2.84. The molecule has 7 heteroatoms. The molecule has 27 heavy (non-hydrogen) atoms. The van der Waals surface area contributed by atoms with Crippen molar-refractivity contribution in [1.82, 2.24) is 9.62 Å². The van der Waals surface area contributed by atoms with Gasteiger partial charge in [-0.3, -0.25) is 4.79 Å². The first-order valence-corrected chi connectivity index (χ1v) is 10.5. The lowest BCUT2D eigenvalue weighted by Gasteiger charge is -2.21. The number of benzene rings is 2. The van der Waals surface area contributed by atoms with E-state index in [1.165, 1.54) is 4.31 Å². The van der Waals surface area contributed by atoms with Gasteiger partial charge in [0.1, 0.15) is 5.75 Å². The van der Waals surface area contributed by atoms with Gasteiger partial charge in [0.25, 0.3) is 0 Å². The molecule has 146 valence electrons. The lowest BCUT2D eigenvalue weighted by atomic mass is 10.1. The maximum absolute atomic E-state index is 12.1. The van der Waals surface area contributed by atoms with Gasteiger partial charge in [-0.1, -0.05) is 48.0 Å². The van der Waals surface area contributed by atoms with E-state index in [1.54, 1.807) is 13.2 Å². The summed E-state index contributed by atoms with van der Waals surface area (Å²) in [6, 6.07) is 15.0. The lowest BCUT2D eigenvalue weighted by molar-refractivity contribution is -0.120. The summed E-state index contributed by atoms with van der Waals surface area (Å²) >= 11 is 0. The Balaban J connectivity index is 1.93. The van der Waals surface area contributed by atoms with Crippen molar-refractivity contribution in [3.05, 3.63) is 65.2 Å². The minimum absolute atomic E-state index is 0.135. The molecule has 0 spiro atoms. The van der Waals surface area contributed by atoms with E-state index in [2.05, 4.69) is 5.32 Å². The number of sulfonamides is 1. The Morgan fingerprint density at radius 2 is 1.78 bits per heavy atom. The molecule has 1 N–H and O–H groups in total. The van der Waals surface area contributed by atoms with Crippen LogP contribution < -0.4 is 10.1 Å². The van der Waals surface area contributed by atoms with Crippen LogP contribution in [0.1, 0.15) is 16.7 Å². The van der Waals surface area contributed by atoms with Gasteiger partial charge in [0, 0.05) is 25.2 Å². The molecule has 2 aromatic rings. The number of rotatable bonds is 9. The molecule has 0 saturated carbocycles. The molecule has 0 saturated heterocycles. The van der Waals surface area contributed by atoms with Gasteiger partial charge in [0.05, 0.1) is 19.8 Å². The fourth-order valence-corrected chi connectivity index (χ4v) is 3.46. The number of carbonyl (C=O) groups is 1. The summed E-state index contributed by atoms with van der Waals surface area (Å²) in [5.74, 6) is 0.499. The number of carbonyl (C=O) groups excluding carboxylic acids is 1. The number of aryl methyl sites for hydroxylation is 1. The summed E-state index contributed by atoms with van der Waals surface area (Å²) in [5, 5.41) is 2.79. The molecule has 0 fully saturated rings. The smallest absolute Gasteiger partial charge is 0.224 e. The first-order chi connectivity index (χ1) is 12.8. The largest absolute Gasteiger partial charge is 0.496 e. The molecule has 0 atom stereocenters. The standard InChI is InChI=1S/C20H26N2O4S/c1-16-8-10-17(11-9-16)14-20(23)21-12-13-22(27(3,24)25)15-18-6-4-5-7-19(18)26-2/h4-11H,12-15H2,1-3H3,(H,21,23). The summed E-state index contributed by atoms with van der Waals surface area (Å²) in [6.45, 7) is 2.62. The van der Waals surface area contributed by atoms with Gasteiger partial charge < -0.3 is 10.1 Å². The second-order valence-corrected chi connectivity index (χ2v) is 8.40. The van der Waals surface area contributed by atoms with Crippen LogP contribution in [0, 0.1) is 6.92 Å². The summed E-state index contributed by atoms with van der Waals surface area (Å²) in [7, 11) is -1.87. The Hall–Kier alpha value is -2.38. The normalized spacial score (nSPS) is 11.4. The van der Waals surface area contributed by atoms with Crippen molar-refractivity contribution < 1.29 is 17.9 Å². The van der Waals surface area contributed by atoms with Gasteiger partial charge in [0.2, 0.25) is 15.9 Å². The molecule has 0 aromatic heterocycles. The molecule has 0 aliphatic rings. The highest BCUT2D eigenvalue weighted by molar-refractivity contribution is 7.88. The number of nitrogens with zero attached hydrogens (tertiary/aromatic N) is 1. The first kappa shape index (κ1) is 20.9. The Labute approximate surface area is 161 Å². The predicted molar refractivity (Wildman–Crippen MR) is 106 cm³/mol. The number of ether oxygens (including phenoxy) is 1. The monoisotopic (exact) mass is 390 g/mol. The van der Waals surface area contributed by atoms with Crippen molar-refractivity contribution in [2.75, 3.05) is 26.5 Å². The zero-order chi connectivity index (χ0) is 19.9. The van der Waals surface area contributed by atoms with Crippen molar-refractivity contribution >= 4 is 15.9 Å². The second kappa shape index (κ2) is 9.53. The summed E-state index contributed by atoms with van der Waals surface area (Å²) in [6.07, 6.45) is 1.43. The van der Waals surface area contributed by atoms with Crippen LogP contribution in [0.5, 0.6) is 5.75 Å². The van der Waals surface area contributed by atoms with E-state index in [0.717, 1.165) is 22.9 Å². The minimum Gasteiger partial charge on any atom is -0.496 e. The van der Waals surface area contributed by atoms with E-state index in [9.17, 15) is 13.2 Å². The highest BCUT2D eigenvalue weighted by Crippen LogP contribution is 2.20. The van der Waals surface area contributed by atoms with Crippen LogP contribution in [-0.2, 0) is 27.8 Å². The minimum atomic E-state index is -3.42. The first-order valence-electron chi connectivity index (χ1n) is 8.69. The second-order valence-electron chi connectivity index (χ2n) is 6.42. The molecule has 0 aliphatic carbocycles. The summed E-state index contributed by atoms with van der Waals surface area (Å²) in [4.78, 5) is 12.1. The molecular weight excluding hydrogens is 364 g/mol. The molecule has 0 unspecified atom stereocenters. The quantitative estimate of drug-likeness (QED) is 0.712. The van der Waals surface area contributed by atoms with E-state index in [1.807, 2.05) is 49.4 Å². The zero-order valence-electron chi connectivity index (χ0n) is 15.9. The third-order valence-corrected chi connectivity index (χ3v) is 5.43. The number of hydrogen-bond acceptors (Lipinski definition) is 4. The number of hydrogen-bond donors (Lipinski definition) is 1. The van der Waals surface area contributed by atoms with Crippen LogP contribution in [0.15, 0.2) is 48.5 Å². The van der Waals surface area contributed by atoms with E-state index in [4.69, 9.17) is 4.74 Å². The van der Waals surface area contributed by atoms with Gasteiger partial charge in [-0.15, -0.1) is 0 Å². The Morgan fingerprint density at radius 3 is 2.41 bits per heavy atom. The van der Waals surface area contributed by atoms with Gasteiger partial charge in [0.15, 0.2) is 0 Å². The molecule has 1 amide bonds. The number of nitrogens with one attached hydrogen (secondary N) is 1. The fraction of sp³-hybridized carbons (Fsp3) is 0.350. The van der Waals surface area contributed by atoms with Crippen LogP contribution in [-0.4, -0.2) is 45.1 Å². The van der Waals surface area contributed by atoms with Crippen LogP contribution >= 0.6 is 0 Å². The molecule has 0 heterocycles. The van der Waals surface area contributed by atoms with Gasteiger partial charge in [-0.2, -0.15) is 4.31 Å². The van der Waals surface area contributed by atoms with Crippen LogP contribution in [0.2, 0.25) is 0 Å². The van der Waals surface area contributed by atoms with E-state index < -0.39 is 10.0 Å². The van der Waals surface area contributed by atoms with Gasteiger partial charge in [-0.05, 0) is 18.6 Å². The molecule has 0 bridgehead atoms. The average Bonchev–Trinajstić information content (AvgIpc) is 2.62. The van der Waals surface area contributed by atoms with Crippen molar-refractivity contribution in [3.63, 3.8) is 0 Å². The molecule has 0 radical (unpaired) electrons. The molecule has 2 aromatic carbocycles. The topological polar surface area (TPSA) is 75.7 Å². The maximum Gasteiger partial charge on any atom is 0.224 e. The molecular formula is C20H26N2O4S. The lowest BCUT2D eigenvalue weighted by Crippen LogP contribution is -2.38. The predicted octanol–water partition coefficient (Wildman–Crippen LogP) is 2.12. The van der Waals surface area contributed by atoms with Crippen LogP contribution in [0.3, 0.4) is 0 Å². The van der Waals surface area contributed by atoms with E-state index >= 15 is 0 Å². The highest BCUT2D eigenvalue weighted by atomic mass is 32.2. The summed E-state index contributed by atoms with van der Waals surface area (Å²) < 4.78 is 30.8. The third-order valence-electron chi connectivity index (χ3n) is 4.18. The SMILES string of the molecule is COc1ccccc1CN(CCNC(=O)Cc1ccc(C)cc1)S(C)(=O)=O. The Kier molecular flexibility index (Phi) is 7.38. The third kappa shape index (κ3) is 6.69. The molecule has 6 nitrogen and oxygen atoms in total. The maximum atomic E-state index is 12.1. The van der Waals surface area contributed by atoms with E-state index in [0.29, 0.717) is 5.75 Å². The Bertz CT molecular complexity index is 864. The van der Waals surface area contributed by atoms with Crippen LogP contribution in [0.4, 0.5) is 0 Å². The average molecular weight is 391 g/mol. The van der Waals surface area contributed by atoms with Gasteiger partial charge >= 0.3 is 0 Å². The number of amides is 1. The zero-order valence-corrected chi connectivity index (χ0v) is 16.8.